The lowest BCUT2D eigenvalue weighted by Crippen LogP contribution is -2.32. The Balaban J connectivity index is 4.03. The van der Waals surface area contributed by atoms with E-state index in [0.717, 1.165) is 6.04 Å². The first-order chi connectivity index (χ1) is 8.64. The van der Waals surface area contributed by atoms with E-state index < -0.39 is 0 Å². The second-order valence-electron chi connectivity index (χ2n) is 8.56. The predicted molar refractivity (Wildman–Crippen MR) is 88.7 cm³/mol. The summed E-state index contributed by atoms with van der Waals surface area (Å²) in [5, 5.41) is 3.81. The van der Waals surface area contributed by atoms with Crippen LogP contribution in [-0.4, -0.2) is 12.6 Å². The van der Waals surface area contributed by atoms with Crippen molar-refractivity contribution in [2.24, 2.45) is 10.8 Å². The summed E-state index contributed by atoms with van der Waals surface area (Å²) in [7, 11) is 0. The fraction of sp³-hybridized carbons (Fsp3) is 1.00. The minimum Gasteiger partial charge on any atom is -0.314 e. The Bertz CT molecular complexity index is 207. The Kier molecular flexibility index (Phi) is 8.98. The van der Waals surface area contributed by atoms with Crippen molar-refractivity contribution in [1.82, 2.24) is 5.32 Å². The van der Waals surface area contributed by atoms with Crippen LogP contribution in [0, 0.1) is 10.8 Å². The fourth-order valence-corrected chi connectivity index (χ4v) is 2.25. The van der Waals surface area contributed by atoms with Gasteiger partial charge >= 0.3 is 0 Å². The first kappa shape index (κ1) is 19.0. The lowest BCUT2D eigenvalue weighted by Gasteiger charge is -2.26. The number of hydrogen-bond donors (Lipinski definition) is 1. The average Bonchev–Trinajstić information content (AvgIpc) is 2.22. The minimum absolute atomic E-state index is 0.449. The summed E-state index contributed by atoms with van der Waals surface area (Å²) in [4.78, 5) is 0. The van der Waals surface area contributed by atoms with Gasteiger partial charge in [0.15, 0.2) is 0 Å². The highest BCUT2D eigenvalue weighted by molar-refractivity contribution is 4.73. The molecule has 0 radical (unpaired) electrons. The molecule has 0 saturated heterocycles. The maximum atomic E-state index is 3.81. The van der Waals surface area contributed by atoms with Gasteiger partial charge in [-0.3, -0.25) is 0 Å². The summed E-state index contributed by atoms with van der Waals surface area (Å²) < 4.78 is 0. The highest BCUT2D eigenvalue weighted by atomic mass is 14.9. The number of rotatable bonds is 9. The predicted octanol–water partition coefficient (Wildman–Crippen LogP) is 5.79. The molecule has 1 atom stereocenters. The molecule has 0 heterocycles. The molecule has 0 aromatic carbocycles. The van der Waals surface area contributed by atoms with Crippen LogP contribution in [0.3, 0.4) is 0 Å². The molecule has 1 unspecified atom stereocenters. The quantitative estimate of drug-likeness (QED) is 0.523. The molecule has 0 fully saturated rings. The van der Waals surface area contributed by atoms with Crippen molar-refractivity contribution in [3.05, 3.63) is 0 Å². The fourth-order valence-electron chi connectivity index (χ4n) is 2.25. The van der Waals surface area contributed by atoms with E-state index in [4.69, 9.17) is 0 Å². The second-order valence-corrected chi connectivity index (χ2v) is 8.56. The van der Waals surface area contributed by atoms with Crippen LogP contribution in [0.15, 0.2) is 0 Å². The molecule has 0 amide bonds. The minimum atomic E-state index is 0.449. The monoisotopic (exact) mass is 269 g/mol. The Morgan fingerprint density at radius 1 is 0.789 bits per heavy atom. The van der Waals surface area contributed by atoms with E-state index in [1.54, 1.807) is 0 Å². The molecule has 0 aromatic rings. The number of unbranched alkanes of at least 4 members (excludes halogenated alkanes) is 2. The largest absolute Gasteiger partial charge is 0.314 e. The SMILES string of the molecule is CCCCCC(CCC(C)(C)C)NCCC(C)(C)C. The molecule has 0 aromatic heterocycles. The zero-order valence-corrected chi connectivity index (χ0v) is 14.7. The zero-order chi connectivity index (χ0) is 14.9. The Morgan fingerprint density at radius 2 is 1.37 bits per heavy atom. The molecule has 1 nitrogen and oxygen atoms in total. The lowest BCUT2D eigenvalue weighted by atomic mass is 9.87. The molecular weight excluding hydrogens is 230 g/mol. The highest BCUT2D eigenvalue weighted by Gasteiger charge is 2.16. The van der Waals surface area contributed by atoms with Gasteiger partial charge in [0.05, 0.1) is 0 Å². The topological polar surface area (TPSA) is 12.0 Å². The third kappa shape index (κ3) is 14.2. The molecule has 0 saturated carbocycles. The maximum Gasteiger partial charge on any atom is 0.00672 e. The summed E-state index contributed by atoms with van der Waals surface area (Å²) in [6.45, 7) is 17.5. The summed E-state index contributed by atoms with van der Waals surface area (Å²) in [6, 6.07) is 0.730. The van der Waals surface area contributed by atoms with Gasteiger partial charge < -0.3 is 5.32 Å². The Morgan fingerprint density at radius 3 is 1.84 bits per heavy atom. The first-order valence-corrected chi connectivity index (χ1v) is 8.37. The molecule has 116 valence electrons. The molecule has 0 aliphatic carbocycles. The van der Waals surface area contributed by atoms with Crippen molar-refractivity contribution in [3.8, 4) is 0 Å². The van der Waals surface area contributed by atoms with Crippen LogP contribution in [0.25, 0.3) is 0 Å². The van der Waals surface area contributed by atoms with E-state index in [2.05, 4.69) is 53.8 Å². The third-order valence-corrected chi connectivity index (χ3v) is 3.71. The van der Waals surface area contributed by atoms with Gasteiger partial charge in [-0.15, -0.1) is 0 Å². The van der Waals surface area contributed by atoms with Gasteiger partial charge in [0.2, 0.25) is 0 Å². The third-order valence-electron chi connectivity index (χ3n) is 3.71. The van der Waals surface area contributed by atoms with Gasteiger partial charge in [-0.2, -0.15) is 0 Å². The van der Waals surface area contributed by atoms with E-state index in [9.17, 15) is 0 Å². The normalized spacial score (nSPS) is 14.7. The number of nitrogens with one attached hydrogen (secondary N) is 1. The van der Waals surface area contributed by atoms with Gasteiger partial charge in [0.1, 0.15) is 0 Å². The van der Waals surface area contributed by atoms with E-state index in [-0.39, 0.29) is 0 Å². The standard InChI is InChI=1S/C18H39N/c1-8-9-10-11-16(12-13-17(2,3)4)19-15-14-18(5,6)7/h16,19H,8-15H2,1-7H3. The zero-order valence-electron chi connectivity index (χ0n) is 14.7. The van der Waals surface area contributed by atoms with Gasteiger partial charge in [-0.25, -0.2) is 0 Å². The van der Waals surface area contributed by atoms with Gasteiger partial charge in [0, 0.05) is 6.04 Å². The van der Waals surface area contributed by atoms with Crippen molar-refractivity contribution >= 4 is 0 Å². The molecule has 1 heteroatoms. The summed E-state index contributed by atoms with van der Waals surface area (Å²) >= 11 is 0. The van der Waals surface area contributed by atoms with Crippen LogP contribution >= 0.6 is 0 Å². The van der Waals surface area contributed by atoms with Crippen LogP contribution < -0.4 is 5.32 Å². The molecule has 0 spiro atoms. The lowest BCUT2D eigenvalue weighted by molar-refractivity contribution is 0.302. The molecule has 0 rings (SSSR count). The van der Waals surface area contributed by atoms with Crippen LogP contribution in [0.4, 0.5) is 0 Å². The van der Waals surface area contributed by atoms with Crippen LogP contribution in [0.1, 0.15) is 93.4 Å². The van der Waals surface area contributed by atoms with Crippen molar-refractivity contribution in [2.45, 2.75) is 99.5 Å². The molecule has 0 aliphatic rings. The molecule has 0 aliphatic heterocycles. The Hall–Kier alpha value is -0.0400. The van der Waals surface area contributed by atoms with Crippen molar-refractivity contribution < 1.29 is 0 Å². The molecular formula is C18H39N. The summed E-state index contributed by atoms with van der Waals surface area (Å²) in [5.41, 5.74) is 0.916. The van der Waals surface area contributed by atoms with Gasteiger partial charge in [0.25, 0.3) is 0 Å². The van der Waals surface area contributed by atoms with Crippen molar-refractivity contribution in [3.63, 3.8) is 0 Å². The van der Waals surface area contributed by atoms with E-state index in [1.807, 2.05) is 0 Å². The van der Waals surface area contributed by atoms with Crippen LogP contribution in [-0.2, 0) is 0 Å². The maximum absolute atomic E-state index is 3.81. The highest BCUT2D eigenvalue weighted by Crippen LogP contribution is 2.23. The molecule has 19 heavy (non-hydrogen) atoms. The molecule has 0 bridgehead atoms. The van der Waals surface area contributed by atoms with Gasteiger partial charge in [-0.1, -0.05) is 67.7 Å². The number of hydrogen-bond acceptors (Lipinski definition) is 1. The average molecular weight is 270 g/mol. The van der Waals surface area contributed by atoms with Gasteiger partial charge in [-0.05, 0) is 43.1 Å². The van der Waals surface area contributed by atoms with Crippen LogP contribution in [0.5, 0.6) is 0 Å². The summed E-state index contributed by atoms with van der Waals surface area (Å²) in [5.74, 6) is 0. The van der Waals surface area contributed by atoms with E-state index in [1.165, 1.54) is 51.5 Å². The van der Waals surface area contributed by atoms with E-state index in [0.29, 0.717) is 10.8 Å². The first-order valence-electron chi connectivity index (χ1n) is 8.37. The smallest absolute Gasteiger partial charge is 0.00672 e. The second kappa shape index (κ2) is 9.00. The van der Waals surface area contributed by atoms with Crippen molar-refractivity contribution in [2.75, 3.05) is 6.54 Å². The van der Waals surface area contributed by atoms with E-state index >= 15 is 0 Å². The Labute approximate surface area is 122 Å². The molecule has 1 N–H and O–H groups in total. The summed E-state index contributed by atoms with van der Waals surface area (Å²) in [6.07, 6.45) is 9.37. The van der Waals surface area contributed by atoms with Crippen LogP contribution in [0.2, 0.25) is 0 Å². The van der Waals surface area contributed by atoms with Crippen molar-refractivity contribution in [1.29, 1.82) is 0 Å².